The van der Waals surface area contributed by atoms with Crippen molar-refractivity contribution in [2.45, 2.75) is 90.2 Å². The highest BCUT2D eigenvalue weighted by Gasteiger charge is 2.53. The van der Waals surface area contributed by atoms with Crippen molar-refractivity contribution in [1.29, 1.82) is 5.26 Å². The number of imidazole rings is 1. The maximum atomic E-state index is 13.5. The molecule has 1 amide bonds. The van der Waals surface area contributed by atoms with E-state index in [0.717, 1.165) is 16.7 Å². The first-order chi connectivity index (χ1) is 29.9. The highest BCUT2D eigenvalue weighted by Crippen LogP contribution is 2.50. The topological polar surface area (TPSA) is 184 Å². The molecule has 330 valence electrons. The van der Waals surface area contributed by atoms with Crippen molar-refractivity contribution in [2.75, 3.05) is 39.9 Å². The van der Waals surface area contributed by atoms with E-state index in [-0.39, 0.29) is 60.7 Å². The summed E-state index contributed by atoms with van der Waals surface area (Å²) in [4.78, 5) is 38.1. The standard InChI is InChI=1S/C45H56N7O9P/c1-28(2)41(53)49-44-48-40-37(42(54)50-44)47-27-51(40)43-39(38(57-9)36(60-43)26-59-62(58-25-13-24-46)52(29(3)4)30(5)6)61-45(31-14-11-10-12-15-31,32-16-20-34(55-7)21-17-32)33-18-22-35(56-8)23-19-33/h10-12,14-23,27-30,36,38-39,43H,13,25-26H2,1-9H3,(H2,48,49,50,53,54)/t36-,38-,39-,43-,62?/m1/s1. The third-order valence-electron chi connectivity index (χ3n) is 10.5. The summed E-state index contributed by atoms with van der Waals surface area (Å²) in [6, 6.07) is 27.4. The van der Waals surface area contributed by atoms with E-state index in [1.807, 2.05) is 78.9 Å². The summed E-state index contributed by atoms with van der Waals surface area (Å²) in [5.41, 5.74) is 0.638. The Morgan fingerprint density at radius 1 is 0.903 bits per heavy atom. The van der Waals surface area contributed by atoms with E-state index in [1.165, 1.54) is 6.33 Å². The van der Waals surface area contributed by atoms with Crippen LogP contribution in [0.1, 0.15) is 70.9 Å². The van der Waals surface area contributed by atoms with Gasteiger partial charge in [-0.3, -0.25) is 24.5 Å². The lowest BCUT2D eigenvalue weighted by atomic mass is 9.79. The number of amides is 1. The zero-order valence-corrected chi connectivity index (χ0v) is 37.5. The van der Waals surface area contributed by atoms with Crippen LogP contribution in [0.25, 0.3) is 11.2 Å². The first-order valence-corrected chi connectivity index (χ1v) is 21.7. The van der Waals surface area contributed by atoms with Crippen LogP contribution in [0.15, 0.2) is 90.0 Å². The van der Waals surface area contributed by atoms with E-state index in [4.69, 9.17) is 32.7 Å². The zero-order valence-electron chi connectivity index (χ0n) is 36.6. The number of carbonyl (C=O) groups excluding carboxylic acids is 1. The smallest absolute Gasteiger partial charge is 0.280 e. The molecule has 1 aliphatic rings. The second kappa shape index (κ2) is 20.8. The summed E-state index contributed by atoms with van der Waals surface area (Å²) in [7, 11) is 3.15. The van der Waals surface area contributed by atoms with Crippen molar-refractivity contribution >= 4 is 31.5 Å². The summed E-state index contributed by atoms with van der Waals surface area (Å²) in [5, 5.41) is 12.0. The van der Waals surface area contributed by atoms with Gasteiger partial charge in [0.1, 0.15) is 35.4 Å². The maximum Gasteiger partial charge on any atom is 0.280 e. The molecular weight excluding hydrogens is 814 g/mol. The first kappa shape index (κ1) is 46.3. The van der Waals surface area contributed by atoms with Gasteiger partial charge in [0.25, 0.3) is 14.1 Å². The molecule has 0 spiro atoms. The van der Waals surface area contributed by atoms with Crippen molar-refractivity contribution in [2.24, 2.45) is 5.92 Å². The van der Waals surface area contributed by atoms with Crippen LogP contribution in [-0.4, -0.2) is 95.0 Å². The van der Waals surface area contributed by atoms with E-state index < -0.39 is 44.2 Å². The summed E-state index contributed by atoms with van der Waals surface area (Å²) in [6.45, 7) is 11.9. The number of anilines is 1. The number of carbonyl (C=O) groups is 1. The Morgan fingerprint density at radius 3 is 2.03 bits per heavy atom. The fraction of sp³-hybridized carbons (Fsp3) is 0.444. The van der Waals surface area contributed by atoms with E-state index in [2.05, 4.69) is 58.7 Å². The number of H-pyrrole nitrogens is 1. The summed E-state index contributed by atoms with van der Waals surface area (Å²) >= 11 is 0. The van der Waals surface area contributed by atoms with Crippen LogP contribution in [0.3, 0.4) is 0 Å². The van der Waals surface area contributed by atoms with E-state index in [1.54, 1.807) is 39.7 Å². The van der Waals surface area contributed by atoms with Gasteiger partial charge in [-0.25, -0.2) is 9.65 Å². The van der Waals surface area contributed by atoms with Crippen LogP contribution >= 0.6 is 8.53 Å². The van der Waals surface area contributed by atoms with E-state index in [0.29, 0.717) is 11.5 Å². The Bertz CT molecular complexity index is 2280. The molecule has 5 aromatic rings. The minimum absolute atomic E-state index is 0.00279. The maximum absolute atomic E-state index is 13.5. The van der Waals surface area contributed by atoms with Crippen molar-refractivity contribution in [3.05, 3.63) is 112 Å². The Labute approximate surface area is 363 Å². The number of aromatic amines is 1. The normalized spacial score (nSPS) is 18.5. The number of nitrogens with zero attached hydrogens (tertiary/aromatic N) is 5. The molecule has 2 N–H and O–H groups in total. The highest BCUT2D eigenvalue weighted by molar-refractivity contribution is 7.44. The summed E-state index contributed by atoms with van der Waals surface area (Å²) < 4.78 is 48.9. The van der Waals surface area contributed by atoms with Gasteiger partial charge >= 0.3 is 0 Å². The number of methoxy groups -OCH3 is 3. The fourth-order valence-corrected chi connectivity index (χ4v) is 9.21. The number of aromatic nitrogens is 4. The minimum atomic E-state index is -1.66. The Kier molecular flexibility index (Phi) is 15.5. The lowest BCUT2D eigenvalue weighted by molar-refractivity contribution is -0.126. The molecule has 17 heteroatoms. The van der Waals surface area contributed by atoms with E-state index >= 15 is 0 Å². The molecular formula is C45H56N7O9P. The molecule has 5 atom stereocenters. The molecule has 1 saturated heterocycles. The van der Waals surface area contributed by atoms with Gasteiger partial charge < -0.3 is 32.7 Å². The molecule has 6 rings (SSSR count). The third-order valence-corrected chi connectivity index (χ3v) is 12.6. The van der Waals surface area contributed by atoms with E-state index in [9.17, 15) is 14.9 Å². The molecule has 3 aromatic carbocycles. The van der Waals surface area contributed by atoms with Crippen LogP contribution in [0.2, 0.25) is 0 Å². The van der Waals surface area contributed by atoms with Crippen molar-refractivity contribution in [3.63, 3.8) is 0 Å². The zero-order chi connectivity index (χ0) is 44.6. The van der Waals surface area contributed by atoms with Crippen molar-refractivity contribution in [1.82, 2.24) is 24.2 Å². The first-order valence-electron chi connectivity index (χ1n) is 20.6. The molecule has 62 heavy (non-hydrogen) atoms. The largest absolute Gasteiger partial charge is 0.497 e. The number of benzene rings is 3. The van der Waals surface area contributed by atoms with Crippen LogP contribution in [0.5, 0.6) is 11.5 Å². The summed E-state index contributed by atoms with van der Waals surface area (Å²) in [5.74, 6) is 0.571. The molecule has 3 heterocycles. The van der Waals surface area contributed by atoms with Gasteiger partial charge in [-0.15, -0.1) is 0 Å². The fourth-order valence-electron chi connectivity index (χ4n) is 7.59. The van der Waals surface area contributed by atoms with Crippen LogP contribution in [0, 0.1) is 17.2 Å². The molecule has 0 aliphatic carbocycles. The van der Waals surface area contributed by atoms with Gasteiger partial charge in [0.2, 0.25) is 11.9 Å². The Hall–Kier alpha value is -5.24. The van der Waals surface area contributed by atoms with Gasteiger partial charge in [0.15, 0.2) is 17.4 Å². The van der Waals surface area contributed by atoms with Crippen molar-refractivity contribution in [3.8, 4) is 17.6 Å². The second-order valence-corrected chi connectivity index (χ2v) is 17.0. The molecule has 1 fully saturated rings. The third kappa shape index (κ3) is 9.85. The van der Waals surface area contributed by atoms with Gasteiger partial charge in [-0.05, 0) is 68.7 Å². The average Bonchev–Trinajstić information content (AvgIpc) is 3.85. The lowest BCUT2D eigenvalue weighted by Crippen LogP contribution is -2.45. The molecule has 1 aliphatic heterocycles. The monoisotopic (exact) mass is 869 g/mol. The number of hydrogen-bond donors (Lipinski definition) is 2. The molecule has 16 nitrogen and oxygen atoms in total. The van der Waals surface area contributed by atoms with Crippen LogP contribution in [-0.2, 0) is 33.7 Å². The Morgan fingerprint density at radius 2 is 1.50 bits per heavy atom. The molecule has 0 radical (unpaired) electrons. The highest BCUT2D eigenvalue weighted by atomic mass is 31.2. The predicted octanol–water partition coefficient (Wildman–Crippen LogP) is 7.31. The molecule has 0 saturated carbocycles. The number of hydrogen-bond acceptors (Lipinski definition) is 13. The quantitative estimate of drug-likeness (QED) is 0.0451. The SMILES string of the molecule is COc1ccc(C(O[C@@H]2[C@H](OC)[C@@H](COP(OCCC#N)N(C(C)C)C(C)C)O[C@H]2n2cnc3c(=O)[nH]c(NC(=O)C(C)C)nc32)(c2ccccc2)c2ccc(OC)cc2)cc1. The number of nitriles is 1. The molecule has 1 unspecified atom stereocenters. The van der Waals surface area contributed by atoms with Gasteiger partial charge in [-0.2, -0.15) is 10.2 Å². The Balaban J connectivity index is 1.54. The lowest BCUT2D eigenvalue weighted by Gasteiger charge is -2.40. The number of nitrogens with one attached hydrogen (secondary N) is 2. The molecule has 2 aromatic heterocycles. The van der Waals surface area contributed by atoms with Crippen LogP contribution in [0.4, 0.5) is 5.95 Å². The molecule has 0 bridgehead atoms. The number of ether oxygens (including phenoxy) is 5. The summed E-state index contributed by atoms with van der Waals surface area (Å²) in [6.07, 6.45) is -1.90. The van der Waals surface area contributed by atoms with Crippen molar-refractivity contribution < 1.29 is 37.5 Å². The minimum Gasteiger partial charge on any atom is -0.497 e. The second-order valence-electron chi connectivity index (χ2n) is 15.6. The van der Waals surface area contributed by atoms with Gasteiger partial charge in [-0.1, -0.05) is 68.4 Å². The average molecular weight is 870 g/mol. The number of rotatable bonds is 20. The predicted molar refractivity (Wildman–Crippen MR) is 235 cm³/mol. The van der Waals surface area contributed by atoms with Gasteiger partial charge in [0, 0.05) is 25.1 Å². The van der Waals surface area contributed by atoms with Crippen LogP contribution < -0.4 is 20.3 Å². The number of fused-ring (bicyclic) bond motifs is 1. The van der Waals surface area contributed by atoms with Gasteiger partial charge in [0.05, 0.1) is 46.3 Å².